The number of thioether (sulfide) groups is 1. The molecular formula is C7H5S. The van der Waals surface area contributed by atoms with E-state index in [0.717, 1.165) is 16.7 Å². The third kappa shape index (κ3) is 1.27. The fourth-order valence-electron chi connectivity index (χ4n) is 0.489. The minimum absolute atomic E-state index is 0.993. The molecule has 3 radical (unpaired) electrons. The van der Waals surface area contributed by atoms with E-state index in [9.17, 15) is 0 Å². The maximum atomic E-state index is 6.86. The van der Waals surface area contributed by atoms with Crippen molar-refractivity contribution in [1.82, 2.24) is 0 Å². The maximum absolute atomic E-state index is 6.86. The first kappa shape index (κ1) is 5.70. The highest BCUT2D eigenvalue weighted by molar-refractivity contribution is 8.00. The average molecular weight is 121 g/mol. The third-order valence-electron chi connectivity index (χ3n) is 0.861. The number of benzene rings is 1. The van der Waals surface area contributed by atoms with Crippen LogP contribution in [0.1, 0.15) is 0 Å². The molecule has 0 aliphatic carbocycles. The zero-order chi connectivity index (χ0) is 5.82. The summed E-state index contributed by atoms with van der Waals surface area (Å²) in [5.41, 5.74) is 0. The predicted octanol–water partition coefficient (Wildman–Crippen LogP) is 2.32. The van der Waals surface area contributed by atoms with Crippen molar-refractivity contribution in [3.63, 3.8) is 0 Å². The van der Waals surface area contributed by atoms with Gasteiger partial charge in [-0.15, -0.1) is 11.8 Å². The monoisotopic (exact) mass is 121 g/mol. The second-order valence-electron chi connectivity index (χ2n) is 1.42. The van der Waals surface area contributed by atoms with Crippen molar-refractivity contribution in [3.05, 3.63) is 36.6 Å². The van der Waals surface area contributed by atoms with Crippen LogP contribution in [-0.2, 0) is 0 Å². The van der Waals surface area contributed by atoms with Crippen molar-refractivity contribution in [3.8, 4) is 0 Å². The quantitative estimate of drug-likeness (QED) is 0.514. The van der Waals surface area contributed by atoms with Gasteiger partial charge in [0.2, 0.25) is 0 Å². The second kappa shape index (κ2) is 2.78. The summed E-state index contributed by atoms with van der Waals surface area (Å²) in [5.74, 6) is 0. The molecule has 0 atom stereocenters. The van der Waals surface area contributed by atoms with Gasteiger partial charge in [-0.3, -0.25) is 0 Å². The van der Waals surface area contributed by atoms with E-state index in [2.05, 4.69) is 0 Å². The van der Waals surface area contributed by atoms with Gasteiger partial charge < -0.3 is 0 Å². The molecule has 0 nitrogen and oxygen atoms in total. The molecule has 0 saturated heterocycles. The van der Waals surface area contributed by atoms with Gasteiger partial charge in [-0.05, 0) is 12.1 Å². The van der Waals surface area contributed by atoms with Crippen LogP contribution in [-0.4, -0.2) is 0 Å². The van der Waals surface area contributed by atoms with Gasteiger partial charge >= 0.3 is 0 Å². The fourth-order valence-corrected chi connectivity index (χ4v) is 0.782. The second-order valence-corrected chi connectivity index (χ2v) is 2.09. The van der Waals surface area contributed by atoms with Crippen LogP contribution in [0.5, 0.6) is 0 Å². The molecular weight excluding hydrogens is 116 g/mol. The summed E-state index contributed by atoms with van der Waals surface area (Å²) in [7, 11) is 0. The Morgan fingerprint density at radius 1 is 1.12 bits per heavy atom. The standard InChI is InChI=1S/C7H5S/c1-8-7-5-3-2-4-6-7/h2-6H. The molecule has 0 spiro atoms. The van der Waals surface area contributed by atoms with Gasteiger partial charge in [0.15, 0.2) is 0 Å². The largest absolute Gasteiger partial charge is 0.115 e. The van der Waals surface area contributed by atoms with Crippen molar-refractivity contribution < 1.29 is 0 Å². The first-order chi connectivity index (χ1) is 3.93. The molecule has 0 unspecified atom stereocenters. The zero-order valence-electron chi connectivity index (χ0n) is 4.29. The van der Waals surface area contributed by atoms with E-state index in [-0.39, 0.29) is 0 Å². The zero-order valence-corrected chi connectivity index (χ0v) is 5.11. The molecule has 0 N–H and O–H groups in total. The number of rotatable bonds is 1. The van der Waals surface area contributed by atoms with Crippen molar-refractivity contribution in [2.75, 3.05) is 0 Å². The Kier molecular flexibility index (Phi) is 1.98. The van der Waals surface area contributed by atoms with E-state index in [4.69, 9.17) is 6.26 Å². The normalized spacial score (nSPS) is 9.12. The van der Waals surface area contributed by atoms with Gasteiger partial charge in [0, 0.05) is 4.90 Å². The molecule has 0 bridgehead atoms. The Hall–Kier alpha value is -0.430. The van der Waals surface area contributed by atoms with Crippen molar-refractivity contribution in [2.45, 2.75) is 4.90 Å². The molecule has 1 aromatic rings. The van der Waals surface area contributed by atoms with Gasteiger partial charge in [-0.2, -0.15) is 0 Å². The van der Waals surface area contributed by atoms with Crippen LogP contribution in [0.15, 0.2) is 35.2 Å². The summed E-state index contributed by atoms with van der Waals surface area (Å²) in [6.45, 7) is 0. The van der Waals surface area contributed by atoms with Crippen LogP contribution >= 0.6 is 11.8 Å². The first-order valence-electron chi connectivity index (χ1n) is 2.32. The van der Waals surface area contributed by atoms with E-state index in [1.165, 1.54) is 0 Å². The van der Waals surface area contributed by atoms with E-state index in [0.29, 0.717) is 0 Å². The molecule has 0 fully saturated rings. The molecule has 1 heteroatoms. The average Bonchev–Trinajstić information content (AvgIpc) is 1.90. The Labute approximate surface area is 53.9 Å². The minimum Gasteiger partial charge on any atom is -0.115 e. The van der Waals surface area contributed by atoms with Crippen molar-refractivity contribution in [2.24, 2.45) is 0 Å². The highest BCUT2D eigenvalue weighted by atomic mass is 32.2. The molecule has 0 heterocycles. The van der Waals surface area contributed by atoms with E-state index in [1.54, 1.807) is 0 Å². The van der Waals surface area contributed by atoms with Gasteiger partial charge in [-0.1, -0.05) is 18.2 Å². The summed E-state index contributed by atoms with van der Waals surface area (Å²) < 4.78 is 0. The highest BCUT2D eigenvalue weighted by Crippen LogP contribution is 2.13. The van der Waals surface area contributed by atoms with E-state index < -0.39 is 0 Å². The molecule has 1 aromatic carbocycles. The number of hydrogen-bond donors (Lipinski definition) is 0. The summed E-state index contributed by atoms with van der Waals surface area (Å²) >= 11 is 1.02. The van der Waals surface area contributed by atoms with Crippen LogP contribution in [0.2, 0.25) is 0 Å². The molecule has 0 aliphatic heterocycles. The lowest BCUT2D eigenvalue weighted by Gasteiger charge is -1.88. The van der Waals surface area contributed by atoms with Crippen molar-refractivity contribution >= 4 is 11.8 Å². The lowest BCUT2D eigenvalue weighted by molar-refractivity contribution is 1.47. The highest BCUT2D eigenvalue weighted by Gasteiger charge is 1.81. The Morgan fingerprint density at radius 3 is 2.12 bits per heavy atom. The van der Waals surface area contributed by atoms with Gasteiger partial charge in [0.25, 0.3) is 0 Å². The Balaban J connectivity index is 2.83. The van der Waals surface area contributed by atoms with E-state index >= 15 is 0 Å². The molecule has 0 amide bonds. The summed E-state index contributed by atoms with van der Waals surface area (Å²) in [6, 6.07) is 9.63. The molecule has 0 saturated carbocycles. The van der Waals surface area contributed by atoms with Crippen LogP contribution in [0, 0.1) is 6.26 Å². The van der Waals surface area contributed by atoms with Crippen LogP contribution < -0.4 is 0 Å². The topological polar surface area (TPSA) is 0 Å². The summed E-state index contributed by atoms with van der Waals surface area (Å²) in [6.07, 6.45) is 6.86. The molecule has 0 aromatic heterocycles. The Morgan fingerprint density at radius 2 is 1.75 bits per heavy atom. The lowest BCUT2D eigenvalue weighted by atomic mass is 10.4. The van der Waals surface area contributed by atoms with Gasteiger partial charge in [0.05, 0.1) is 6.26 Å². The molecule has 1 rings (SSSR count). The number of hydrogen-bond acceptors (Lipinski definition) is 1. The minimum atomic E-state index is 0.993. The SMILES string of the molecule is [C]Sc1ccccc1. The summed E-state index contributed by atoms with van der Waals surface area (Å²) in [5, 5.41) is 0. The van der Waals surface area contributed by atoms with Gasteiger partial charge in [-0.25, -0.2) is 0 Å². The van der Waals surface area contributed by atoms with Crippen LogP contribution in [0.25, 0.3) is 0 Å². The first-order valence-corrected chi connectivity index (χ1v) is 3.14. The lowest BCUT2D eigenvalue weighted by Crippen LogP contribution is -1.61. The molecule has 8 heavy (non-hydrogen) atoms. The fraction of sp³-hybridized carbons (Fsp3) is 0. The van der Waals surface area contributed by atoms with Gasteiger partial charge in [0.1, 0.15) is 0 Å². The van der Waals surface area contributed by atoms with E-state index in [1.807, 2.05) is 30.3 Å². The molecule has 0 aliphatic rings. The smallest absolute Gasteiger partial charge is 0.0745 e. The Bertz CT molecular complexity index is 146. The van der Waals surface area contributed by atoms with Crippen molar-refractivity contribution in [1.29, 1.82) is 0 Å². The van der Waals surface area contributed by atoms with Crippen LogP contribution in [0.3, 0.4) is 0 Å². The predicted molar refractivity (Wildman–Crippen MR) is 35.5 cm³/mol. The molecule has 39 valence electrons. The van der Waals surface area contributed by atoms with Crippen LogP contribution in [0.4, 0.5) is 0 Å². The summed E-state index contributed by atoms with van der Waals surface area (Å²) in [4.78, 5) is 0.993. The third-order valence-corrected chi connectivity index (χ3v) is 1.37. The maximum Gasteiger partial charge on any atom is 0.0745 e.